The molecule has 1 heterocycles. The average molecular weight is 299 g/mol. The Morgan fingerprint density at radius 3 is 2.65 bits per heavy atom. The van der Waals surface area contributed by atoms with Crippen LogP contribution in [0.25, 0.3) is 0 Å². The standard InChI is InChI=1S/C13H21N3O3S/c1-11(14-2)12-4-3-5-13(10-12)20(17,18)15-16-6-8-19-9-7-16/h3-5,10-11,14-15H,6-9H2,1-2H3. The summed E-state index contributed by atoms with van der Waals surface area (Å²) in [5.41, 5.74) is 0.942. The number of sulfonamides is 1. The zero-order valence-electron chi connectivity index (χ0n) is 11.8. The third-order valence-corrected chi connectivity index (χ3v) is 4.73. The third-order valence-electron chi connectivity index (χ3n) is 3.36. The van der Waals surface area contributed by atoms with Crippen molar-refractivity contribution in [1.82, 2.24) is 15.2 Å². The van der Waals surface area contributed by atoms with E-state index in [1.165, 1.54) is 0 Å². The molecule has 0 saturated carbocycles. The number of hydrogen-bond donors (Lipinski definition) is 2. The first-order valence-electron chi connectivity index (χ1n) is 6.65. The molecule has 2 rings (SSSR count). The van der Waals surface area contributed by atoms with E-state index >= 15 is 0 Å². The quantitative estimate of drug-likeness (QED) is 0.828. The Morgan fingerprint density at radius 2 is 2.00 bits per heavy atom. The highest BCUT2D eigenvalue weighted by molar-refractivity contribution is 7.89. The zero-order valence-corrected chi connectivity index (χ0v) is 12.6. The van der Waals surface area contributed by atoms with E-state index in [0.29, 0.717) is 26.3 Å². The Kier molecular flexibility index (Phi) is 5.11. The summed E-state index contributed by atoms with van der Waals surface area (Å²) < 4.78 is 29.9. The van der Waals surface area contributed by atoms with Crippen LogP contribution in [0.3, 0.4) is 0 Å². The summed E-state index contributed by atoms with van der Waals surface area (Å²) in [6.45, 7) is 4.19. The van der Waals surface area contributed by atoms with Gasteiger partial charge in [0.25, 0.3) is 10.0 Å². The minimum atomic E-state index is -3.53. The molecular weight excluding hydrogens is 278 g/mol. The highest BCUT2D eigenvalue weighted by Crippen LogP contribution is 2.17. The van der Waals surface area contributed by atoms with Crippen molar-refractivity contribution in [1.29, 1.82) is 0 Å². The molecule has 1 unspecified atom stereocenters. The maximum atomic E-state index is 12.3. The fourth-order valence-corrected chi connectivity index (χ4v) is 3.17. The first kappa shape index (κ1) is 15.4. The van der Waals surface area contributed by atoms with Gasteiger partial charge in [-0.1, -0.05) is 12.1 Å². The van der Waals surface area contributed by atoms with E-state index in [2.05, 4.69) is 10.1 Å². The lowest BCUT2D eigenvalue weighted by Gasteiger charge is -2.26. The average Bonchev–Trinajstić information content (AvgIpc) is 2.47. The van der Waals surface area contributed by atoms with Crippen molar-refractivity contribution >= 4 is 10.0 Å². The van der Waals surface area contributed by atoms with Gasteiger partial charge in [-0.25, -0.2) is 13.4 Å². The van der Waals surface area contributed by atoms with E-state index in [-0.39, 0.29) is 10.9 Å². The third kappa shape index (κ3) is 3.77. The molecular formula is C13H21N3O3S. The number of ether oxygens (including phenoxy) is 1. The van der Waals surface area contributed by atoms with Crippen molar-refractivity contribution < 1.29 is 13.2 Å². The minimum absolute atomic E-state index is 0.105. The number of nitrogens with one attached hydrogen (secondary N) is 2. The van der Waals surface area contributed by atoms with E-state index in [9.17, 15) is 8.42 Å². The van der Waals surface area contributed by atoms with Gasteiger partial charge in [0.1, 0.15) is 0 Å². The molecule has 0 aromatic heterocycles. The summed E-state index contributed by atoms with van der Waals surface area (Å²) in [7, 11) is -1.69. The lowest BCUT2D eigenvalue weighted by atomic mass is 10.1. The van der Waals surface area contributed by atoms with E-state index in [0.717, 1.165) is 5.56 Å². The summed E-state index contributed by atoms with van der Waals surface area (Å²) >= 11 is 0. The topological polar surface area (TPSA) is 70.7 Å². The van der Waals surface area contributed by atoms with Crippen LogP contribution < -0.4 is 10.1 Å². The van der Waals surface area contributed by atoms with Crippen LogP contribution in [-0.4, -0.2) is 46.8 Å². The van der Waals surface area contributed by atoms with Gasteiger partial charge in [-0.3, -0.25) is 0 Å². The Morgan fingerprint density at radius 1 is 1.30 bits per heavy atom. The van der Waals surface area contributed by atoms with E-state index in [1.54, 1.807) is 23.2 Å². The minimum Gasteiger partial charge on any atom is -0.379 e. The van der Waals surface area contributed by atoms with Gasteiger partial charge >= 0.3 is 0 Å². The number of hydrazine groups is 1. The molecule has 2 N–H and O–H groups in total. The lowest BCUT2D eigenvalue weighted by Crippen LogP contribution is -2.48. The monoisotopic (exact) mass is 299 g/mol. The number of nitrogens with zero attached hydrogens (tertiary/aromatic N) is 1. The molecule has 0 aliphatic carbocycles. The smallest absolute Gasteiger partial charge is 0.253 e. The zero-order chi connectivity index (χ0) is 14.6. The summed E-state index contributed by atoms with van der Waals surface area (Å²) in [5.74, 6) is 0. The maximum absolute atomic E-state index is 12.3. The van der Waals surface area contributed by atoms with Crippen molar-refractivity contribution in [2.75, 3.05) is 33.4 Å². The van der Waals surface area contributed by atoms with Crippen molar-refractivity contribution in [2.45, 2.75) is 17.9 Å². The van der Waals surface area contributed by atoms with Crippen molar-refractivity contribution in [3.8, 4) is 0 Å². The predicted molar refractivity (Wildman–Crippen MR) is 76.6 cm³/mol. The van der Waals surface area contributed by atoms with Crippen LogP contribution in [0.15, 0.2) is 29.2 Å². The molecule has 1 aliphatic heterocycles. The molecule has 1 fully saturated rings. The van der Waals surface area contributed by atoms with Gasteiger partial charge in [-0.05, 0) is 31.7 Å². The fraction of sp³-hybridized carbons (Fsp3) is 0.538. The van der Waals surface area contributed by atoms with Gasteiger partial charge in [0.15, 0.2) is 0 Å². The fourth-order valence-electron chi connectivity index (χ4n) is 2.00. The van der Waals surface area contributed by atoms with Gasteiger partial charge in [0.05, 0.1) is 18.1 Å². The lowest BCUT2D eigenvalue weighted by molar-refractivity contribution is 0.0272. The Labute approximate surface area is 120 Å². The second-order valence-corrected chi connectivity index (χ2v) is 6.44. The van der Waals surface area contributed by atoms with Gasteiger partial charge in [-0.15, -0.1) is 4.83 Å². The van der Waals surface area contributed by atoms with Crippen molar-refractivity contribution in [3.05, 3.63) is 29.8 Å². The number of morpholine rings is 1. The van der Waals surface area contributed by atoms with Crippen LogP contribution >= 0.6 is 0 Å². The van der Waals surface area contributed by atoms with Crippen molar-refractivity contribution in [2.24, 2.45) is 0 Å². The van der Waals surface area contributed by atoms with Crippen molar-refractivity contribution in [3.63, 3.8) is 0 Å². The first-order valence-corrected chi connectivity index (χ1v) is 8.13. The molecule has 7 heteroatoms. The molecule has 1 saturated heterocycles. The van der Waals surface area contributed by atoms with E-state index < -0.39 is 10.0 Å². The molecule has 0 bridgehead atoms. The maximum Gasteiger partial charge on any atom is 0.253 e. The van der Waals surface area contributed by atoms with Crippen LogP contribution in [0.2, 0.25) is 0 Å². The van der Waals surface area contributed by atoms with Crippen LogP contribution in [-0.2, 0) is 14.8 Å². The summed E-state index contributed by atoms with van der Waals surface area (Å²) in [6.07, 6.45) is 0. The molecule has 6 nitrogen and oxygen atoms in total. The van der Waals surface area contributed by atoms with Gasteiger partial charge in [0.2, 0.25) is 0 Å². The molecule has 0 radical (unpaired) electrons. The Bertz CT molecular complexity index is 542. The SMILES string of the molecule is CNC(C)c1cccc(S(=O)(=O)NN2CCOCC2)c1. The second-order valence-electron chi connectivity index (χ2n) is 4.78. The van der Waals surface area contributed by atoms with Crippen LogP contribution in [0.5, 0.6) is 0 Å². The molecule has 1 atom stereocenters. The highest BCUT2D eigenvalue weighted by atomic mass is 32.2. The van der Waals surface area contributed by atoms with E-state index in [4.69, 9.17) is 4.74 Å². The summed E-state index contributed by atoms with van der Waals surface area (Å²) in [5, 5.41) is 4.77. The summed E-state index contributed by atoms with van der Waals surface area (Å²) in [6, 6.07) is 7.08. The van der Waals surface area contributed by atoms with Gasteiger partial charge in [-0.2, -0.15) is 0 Å². The Balaban J connectivity index is 2.16. The molecule has 20 heavy (non-hydrogen) atoms. The number of rotatable bonds is 5. The van der Waals surface area contributed by atoms with Gasteiger partial charge < -0.3 is 10.1 Å². The molecule has 1 aliphatic rings. The largest absolute Gasteiger partial charge is 0.379 e. The van der Waals surface area contributed by atoms with E-state index in [1.807, 2.05) is 20.0 Å². The van der Waals surface area contributed by atoms with Gasteiger partial charge in [0, 0.05) is 19.1 Å². The Hall–Kier alpha value is -0.990. The molecule has 0 amide bonds. The van der Waals surface area contributed by atoms with Crippen LogP contribution in [0.4, 0.5) is 0 Å². The number of benzene rings is 1. The molecule has 112 valence electrons. The first-order chi connectivity index (χ1) is 9.53. The summed E-state index contributed by atoms with van der Waals surface area (Å²) in [4.78, 5) is 2.88. The highest BCUT2D eigenvalue weighted by Gasteiger charge is 2.20. The molecule has 0 spiro atoms. The predicted octanol–water partition coefficient (Wildman–Crippen LogP) is 0.493. The van der Waals surface area contributed by atoms with Crippen LogP contribution in [0.1, 0.15) is 18.5 Å². The second kappa shape index (κ2) is 6.64. The number of hydrogen-bond acceptors (Lipinski definition) is 5. The van der Waals surface area contributed by atoms with Crippen LogP contribution in [0, 0.1) is 0 Å². The molecule has 1 aromatic carbocycles. The normalized spacial score (nSPS) is 18.9. The molecule has 1 aromatic rings.